The minimum atomic E-state index is -0.543. The number of hydrogen-bond donors (Lipinski definition) is 1. The Bertz CT molecular complexity index is 1530. The Hall–Kier alpha value is -4.52. The van der Waals surface area contributed by atoms with Crippen molar-refractivity contribution in [2.75, 3.05) is 0 Å². The van der Waals surface area contributed by atoms with Crippen LogP contribution in [0.1, 0.15) is 37.4 Å². The van der Waals surface area contributed by atoms with Crippen LogP contribution in [0.5, 0.6) is 5.88 Å². The van der Waals surface area contributed by atoms with Crippen LogP contribution in [0.3, 0.4) is 0 Å². The number of aromatic nitrogens is 1. The van der Waals surface area contributed by atoms with Gasteiger partial charge in [0.15, 0.2) is 0 Å². The number of fused-ring (bicyclic) bond motifs is 2. The number of hydrazone groups is 1. The van der Waals surface area contributed by atoms with Gasteiger partial charge < -0.3 is 5.11 Å². The Kier molecular flexibility index (Phi) is 4.67. The fourth-order valence-electron chi connectivity index (χ4n) is 3.99. The normalized spacial score (nSPS) is 13.3. The molecule has 0 unspecified atom stereocenters. The molecule has 7 heteroatoms. The molecular formula is C26H19N3O4. The molecule has 162 valence electrons. The van der Waals surface area contributed by atoms with Gasteiger partial charge in [-0.3, -0.25) is 14.4 Å². The monoisotopic (exact) mass is 437 g/mol. The van der Waals surface area contributed by atoms with Crippen molar-refractivity contribution in [3.05, 3.63) is 105 Å². The van der Waals surface area contributed by atoms with Crippen LogP contribution < -0.4 is 5.56 Å². The number of rotatable bonds is 3. The van der Waals surface area contributed by atoms with E-state index in [9.17, 15) is 19.5 Å². The molecule has 1 aliphatic rings. The van der Waals surface area contributed by atoms with Crippen molar-refractivity contribution in [1.82, 2.24) is 9.58 Å². The number of amides is 2. The quantitative estimate of drug-likeness (QED) is 0.388. The molecule has 7 nitrogen and oxygen atoms in total. The van der Waals surface area contributed by atoms with Gasteiger partial charge in [-0.05, 0) is 55.3 Å². The lowest BCUT2D eigenvalue weighted by atomic mass is 10.1. The van der Waals surface area contributed by atoms with E-state index in [1.165, 1.54) is 10.8 Å². The zero-order chi connectivity index (χ0) is 23.3. The molecular weight excluding hydrogens is 418 g/mol. The van der Waals surface area contributed by atoms with Gasteiger partial charge >= 0.3 is 0 Å². The fourth-order valence-corrected chi connectivity index (χ4v) is 3.99. The van der Waals surface area contributed by atoms with Gasteiger partial charge in [-0.15, -0.1) is 0 Å². The summed E-state index contributed by atoms with van der Waals surface area (Å²) in [6.07, 6.45) is 1.25. The minimum absolute atomic E-state index is 0.222. The van der Waals surface area contributed by atoms with Gasteiger partial charge in [0.25, 0.3) is 17.4 Å². The van der Waals surface area contributed by atoms with E-state index in [-0.39, 0.29) is 28.1 Å². The molecule has 2 amide bonds. The van der Waals surface area contributed by atoms with E-state index in [0.29, 0.717) is 16.5 Å². The first kappa shape index (κ1) is 20.4. The molecule has 0 saturated heterocycles. The maximum atomic E-state index is 13.3. The Balaban J connectivity index is 1.69. The summed E-state index contributed by atoms with van der Waals surface area (Å²) >= 11 is 0. The van der Waals surface area contributed by atoms with Crippen LogP contribution in [-0.4, -0.2) is 32.7 Å². The SMILES string of the molecule is Cc1ccc(-n2c(O)c(/C=N/N3C(=O)c4ccccc4C3=O)c3ccccc3c2=O)cc1C. The lowest BCUT2D eigenvalue weighted by Crippen LogP contribution is -2.24. The van der Waals surface area contributed by atoms with Gasteiger partial charge in [0.1, 0.15) is 0 Å². The van der Waals surface area contributed by atoms with Crippen LogP contribution in [-0.2, 0) is 0 Å². The fraction of sp³-hybridized carbons (Fsp3) is 0.0769. The van der Waals surface area contributed by atoms with Gasteiger partial charge in [-0.1, -0.05) is 36.4 Å². The van der Waals surface area contributed by atoms with Gasteiger partial charge in [0.05, 0.1) is 28.6 Å². The smallest absolute Gasteiger partial charge is 0.282 e. The number of aromatic hydroxyl groups is 1. The van der Waals surface area contributed by atoms with Crippen LogP contribution >= 0.6 is 0 Å². The van der Waals surface area contributed by atoms with Crippen LogP contribution in [0, 0.1) is 13.8 Å². The number of nitrogens with zero attached hydrogens (tertiary/aromatic N) is 3. The maximum absolute atomic E-state index is 13.3. The summed E-state index contributed by atoms with van der Waals surface area (Å²) in [5.74, 6) is -1.42. The average Bonchev–Trinajstić information content (AvgIpc) is 3.06. The molecule has 0 saturated carbocycles. The highest BCUT2D eigenvalue weighted by atomic mass is 16.3. The van der Waals surface area contributed by atoms with Gasteiger partial charge in [0, 0.05) is 10.8 Å². The van der Waals surface area contributed by atoms with Crippen molar-refractivity contribution in [2.24, 2.45) is 5.10 Å². The molecule has 1 aromatic heterocycles. The van der Waals surface area contributed by atoms with Crippen molar-refractivity contribution in [3.8, 4) is 11.6 Å². The molecule has 0 atom stereocenters. The predicted octanol–water partition coefficient (Wildman–Crippen LogP) is 3.94. The highest BCUT2D eigenvalue weighted by molar-refractivity contribution is 6.21. The molecule has 0 spiro atoms. The molecule has 33 heavy (non-hydrogen) atoms. The molecule has 4 aromatic rings. The summed E-state index contributed by atoms with van der Waals surface area (Å²) in [5, 5.41) is 16.9. The highest BCUT2D eigenvalue weighted by Crippen LogP contribution is 2.28. The summed E-state index contributed by atoms with van der Waals surface area (Å²) in [6, 6.07) is 18.7. The van der Waals surface area contributed by atoms with E-state index in [1.807, 2.05) is 26.0 Å². The molecule has 3 aromatic carbocycles. The summed E-state index contributed by atoms with van der Waals surface area (Å²) < 4.78 is 1.21. The standard InChI is InChI=1S/C26H19N3O4/c1-15-11-12-17(13-16(15)2)28-23(30)19-8-4-3-7-18(19)22(24(28)31)14-27-29-25(32)20-9-5-6-10-21(20)26(29)33/h3-14,31H,1-2H3/b27-14+. The molecule has 1 aliphatic heterocycles. The number of carbonyl (C=O) groups excluding carboxylic acids is 2. The number of imide groups is 1. The second-order valence-electron chi connectivity index (χ2n) is 7.90. The van der Waals surface area contributed by atoms with E-state index >= 15 is 0 Å². The van der Waals surface area contributed by atoms with Crippen molar-refractivity contribution < 1.29 is 14.7 Å². The van der Waals surface area contributed by atoms with E-state index < -0.39 is 11.8 Å². The molecule has 0 radical (unpaired) electrons. The second kappa shape index (κ2) is 7.56. The largest absolute Gasteiger partial charge is 0.494 e. The minimum Gasteiger partial charge on any atom is -0.494 e. The zero-order valence-electron chi connectivity index (χ0n) is 17.9. The first-order chi connectivity index (χ1) is 15.9. The second-order valence-corrected chi connectivity index (χ2v) is 7.90. The van der Waals surface area contributed by atoms with Gasteiger partial charge in [-0.2, -0.15) is 10.1 Å². The third-order valence-electron chi connectivity index (χ3n) is 5.93. The number of carbonyl (C=O) groups is 2. The summed E-state index contributed by atoms with van der Waals surface area (Å²) in [7, 11) is 0. The first-order valence-electron chi connectivity index (χ1n) is 10.3. The first-order valence-corrected chi connectivity index (χ1v) is 10.3. The van der Waals surface area contributed by atoms with Gasteiger partial charge in [-0.25, -0.2) is 4.57 Å². The Morgan fingerprint density at radius 2 is 1.39 bits per heavy atom. The number of aryl methyl sites for hydroxylation is 2. The number of hydrogen-bond acceptors (Lipinski definition) is 5. The summed E-state index contributed by atoms with van der Waals surface area (Å²) in [6.45, 7) is 3.88. The third kappa shape index (κ3) is 3.13. The highest BCUT2D eigenvalue weighted by Gasteiger charge is 2.35. The van der Waals surface area contributed by atoms with Gasteiger partial charge in [0.2, 0.25) is 5.88 Å². The van der Waals surface area contributed by atoms with E-state index in [1.54, 1.807) is 54.6 Å². The zero-order valence-corrected chi connectivity index (χ0v) is 17.9. The number of benzene rings is 3. The summed E-state index contributed by atoms with van der Waals surface area (Å²) in [5.41, 5.74) is 2.90. The lowest BCUT2D eigenvalue weighted by Gasteiger charge is -2.15. The van der Waals surface area contributed by atoms with Crippen molar-refractivity contribution >= 4 is 28.8 Å². The van der Waals surface area contributed by atoms with Crippen molar-refractivity contribution in [3.63, 3.8) is 0 Å². The Morgan fingerprint density at radius 1 is 0.788 bits per heavy atom. The third-order valence-corrected chi connectivity index (χ3v) is 5.93. The molecule has 0 fully saturated rings. The molecule has 5 rings (SSSR count). The maximum Gasteiger partial charge on any atom is 0.282 e. The van der Waals surface area contributed by atoms with Crippen LogP contribution in [0.25, 0.3) is 16.5 Å². The molecule has 1 N–H and O–H groups in total. The topological polar surface area (TPSA) is 92.0 Å². The van der Waals surface area contributed by atoms with E-state index in [4.69, 9.17) is 0 Å². The summed E-state index contributed by atoms with van der Waals surface area (Å²) in [4.78, 5) is 38.6. The van der Waals surface area contributed by atoms with E-state index in [0.717, 1.165) is 16.1 Å². The van der Waals surface area contributed by atoms with E-state index in [2.05, 4.69) is 5.10 Å². The van der Waals surface area contributed by atoms with Crippen molar-refractivity contribution in [2.45, 2.75) is 13.8 Å². The average molecular weight is 437 g/mol. The molecule has 0 bridgehead atoms. The lowest BCUT2D eigenvalue weighted by molar-refractivity contribution is 0.0660. The van der Waals surface area contributed by atoms with Crippen molar-refractivity contribution in [1.29, 1.82) is 0 Å². The van der Waals surface area contributed by atoms with Crippen LogP contribution in [0.2, 0.25) is 0 Å². The Labute approximate surface area is 188 Å². The predicted molar refractivity (Wildman–Crippen MR) is 125 cm³/mol. The van der Waals surface area contributed by atoms with Crippen LogP contribution in [0.4, 0.5) is 0 Å². The molecule has 0 aliphatic carbocycles. The van der Waals surface area contributed by atoms with Crippen LogP contribution in [0.15, 0.2) is 76.6 Å². The Morgan fingerprint density at radius 3 is 2.03 bits per heavy atom. The molecule has 2 heterocycles. The number of pyridine rings is 1.